The Balaban J connectivity index is 1.57. The highest BCUT2D eigenvalue weighted by Crippen LogP contribution is 2.37. The number of ketones is 1. The summed E-state index contributed by atoms with van der Waals surface area (Å²) in [7, 11) is 0. The van der Waals surface area contributed by atoms with Gasteiger partial charge in [-0.25, -0.2) is 4.98 Å². The first-order valence-electron chi connectivity index (χ1n) is 9.07. The van der Waals surface area contributed by atoms with Crippen LogP contribution in [0.25, 0.3) is 10.9 Å². The van der Waals surface area contributed by atoms with Gasteiger partial charge in [0.1, 0.15) is 5.75 Å². The molecule has 0 aliphatic heterocycles. The molecule has 0 saturated heterocycles. The third-order valence-electron chi connectivity index (χ3n) is 4.51. The first kappa shape index (κ1) is 17.8. The molecule has 138 valence electrons. The number of benzene rings is 2. The van der Waals surface area contributed by atoms with Crippen LogP contribution in [-0.4, -0.2) is 27.7 Å². The summed E-state index contributed by atoms with van der Waals surface area (Å²) in [5.74, 6) is 0.999. The molecule has 4 rings (SSSR count). The van der Waals surface area contributed by atoms with E-state index in [1.165, 1.54) is 11.8 Å². The lowest BCUT2D eigenvalue weighted by atomic mass is 10.1. The fourth-order valence-corrected chi connectivity index (χ4v) is 3.96. The molecule has 1 aliphatic carbocycles. The summed E-state index contributed by atoms with van der Waals surface area (Å²) in [4.78, 5) is 30.1. The second kappa shape index (κ2) is 7.56. The van der Waals surface area contributed by atoms with E-state index < -0.39 is 0 Å². The van der Waals surface area contributed by atoms with Crippen LogP contribution in [0.3, 0.4) is 0 Å². The topological polar surface area (TPSA) is 61.2 Å². The van der Waals surface area contributed by atoms with Gasteiger partial charge in [0.05, 0.1) is 23.3 Å². The van der Waals surface area contributed by atoms with Crippen molar-refractivity contribution in [3.8, 4) is 5.75 Å². The maximum atomic E-state index is 12.9. The van der Waals surface area contributed by atoms with Crippen LogP contribution >= 0.6 is 11.8 Å². The van der Waals surface area contributed by atoms with Gasteiger partial charge in [-0.3, -0.25) is 14.2 Å². The van der Waals surface area contributed by atoms with Gasteiger partial charge >= 0.3 is 0 Å². The van der Waals surface area contributed by atoms with Crippen LogP contribution in [0.4, 0.5) is 0 Å². The Morgan fingerprint density at radius 1 is 1.19 bits per heavy atom. The van der Waals surface area contributed by atoms with Crippen LogP contribution < -0.4 is 10.3 Å². The molecule has 0 radical (unpaired) electrons. The quantitative estimate of drug-likeness (QED) is 0.351. The molecular formula is C21H20N2O3S. The fraction of sp³-hybridized carbons (Fsp3) is 0.286. The van der Waals surface area contributed by atoms with Gasteiger partial charge in [0.25, 0.3) is 5.56 Å². The van der Waals surface area contributed by atoms with E-state index in [4.69, 9.17) is 4.74 Å². The lowest BCUT2D eigenvalue weighted by Crippen LogP contribution is -2.22. The molecule has 0 atom stereocenters. The van der Waals surface area contributed by atoms with Gasteiger partial charge in [0, 0.05) is 11.6 Å². The van der Waals surface area contributed by atoms with E-state index in [0.29, 0.717) is 28.2 Å². The molecular weight excluding hydrogens is 360 g/mol. The number of aromatic nitrogens is 2. The van der Waals surface area contributed by atoms with Gasteiger partial charge in [-0.1, -0.05) is 23.9 Å². The molecule has 1 aliphatic rings. The Morgan fingerprint density at radius 3 is 2.63 bits per heavy atom. The van der Waals surface area contributed by atoms with Crippen molar-refractivity contribution in [2.75, 3.05) is 12.4 Å². The SMILES string of the molecule is CCOc1ccc(C(=O)CSc2nc3ccccc3c(=O)n2C2CC2)cc1. The zero-order chi connectivity index (χ0) is 18.8. The number of Topliss-reactive ketones (excluding diaryl/α,β-unsaturated/α-hetero) is 1. The van der Waals surface area contributed by atoms with E-state index in [1.807, 2.05) is 31.2 Å². The molecule has 1 heterocycles. The first-order valence-corrected chi connectivity index (χ1v) is 10.1. The molecule has 6 heteroatoms. The fourth-order valence-electron chi connectivity index (χ4n) is 3.00. The summed E-state index contributed by atoms with van der Waals surface area (Å²) >= 11 is 1.33. The largest absolute Gasteiger partial charge is 0.494 e. The van der Waals surface area contributed by atoms with Crippen LogP contribution in [-0.2, 0) is 0 Å². The number of carbonyl (C=O) groups is 1. The van der Waals surface area contributed by atoms with Crippen molar-refractivity contribution >= 4 is 28.4 Å². The second-order valence-corrected chi connectivity index (χ2v) is 7.43. The number of nitrogens with zero attached hydrogens (tertiary/aromatic N) is 2. The molecule has 1 aromatic heterocycles. The summed E-state index contributed by atoms with van der Waals surface area (Å²) in [6, 6.07) is 14.7. The predicted octanol–water partition coefficient (Wildman–Crippen LogP) is 4.11. The highest BCUT2D eigenvalue weighted by atomic mass is 32.2. The highest BCUT2D eigenvalue weighted by Gasteiger charge is 2.28. The zero-order valence-electron chi connectivity index (χ0n) is 15.1. The third-order valence-corrected chi connectivity index (χ3v) is 5.46. The number of rotatable bonds is 7. The molecule has 2 aromatic carbocycles. The second-order valence-electron chi connectivity index (χ2n) is 6.49. The van der Waals surface area contributed by atoms with Crippen molar-refractivity contribution < 1.29 is 9.53 Å². The van der Waals surface area contributed by atoms with E-state index in [0.717, 1.165) is 18.6 Å². The molecule has 5 nitrogen and oxygen atoms in total. The van der Waals surface area contributed by atoms with E-state index in [2.05, 4.69) is 4.98 Å². The molecule has 0 spiro atoms. The van der Waals surface area contributed by atoms with Gasteiger partial charge < -0.3 is 4.74 Å². The normalized spacial score (nSPS) is 13.7. The average Bonchev–Trinajstić information content (AvgIpc) is 3.52. The Morgan fingerprint density at radius 2 is 1.93 bits per heavy atom. The molecule has 0 N–H and O–H groups in total. The number of fused-ring (bicyclic) bond motifs is 1. The predicted molar refractivity (Wildman–Crippen MR) is 107 cm³/mol. The van der Waals surface area contributed by atoms with Crippen LogP contribution in [0.15, 0.2) is 58.5 Å². The van der Waals surface area contributed by atoms with E-state index in [1.54, 1.807) is 28.8 Å². The van der Waals surface area contributed by atoms with Crippen LogP contribution in [0.2, 0.25) is 0 Å². The van der Waals surface area contributed by atoms with E-state index in [-0.39, 0.29) is 23.1 Å². The number of ether oxygens (including phenoxy) is 1. The number of para-hydroxylation sites is 1. The average molecular weight is 380 g/mol. The summed E-state index contributed by atoms with van der Waals surface area (Å²) in [6.07, 6.45) is 1.97. The summed E-state index contributed by atoms with van der Waals surface area (Å²) in [5.41, 5.74) is 1.29. The summed E-state index contributed by atoms with van der Waals surface area (Å²) in [5, 5.41) is 1.26. The summed E-state index contributed by atoms with van der Waals surface area (Å²) < 4.78 is 7.17. The van der Waals surface area contributed by atoms with E-state index >= 15 is 0 Å². The first-order chi connectivity index (χ1) is 13.2. The standard InChI is InChI=1S/C21H20N2O3S/c1-2-26-16-11-7-14(8-12-16)19(24)13-27-21-22-18-6-4-3-5-17(18)20(25)23(21)15-9-10-15/h3-8,11-12,15H,2,9-10,13H2,1H3. The Hall–Kier alpha value is -2.60. The minimum Gasteiger partial charge on any atom is -0.494 e. The van der Waals surface area contributed by atoms with Gasteiger partial charge in [0.15, 0.2) is 10.9 Å². The number of hydrogen-bond acceptors (Lipinski definition) is 5. The van der Waals surface area contributed by atoms with Crippen molar-refractivity contribution in [3.05, 3.63) is 64.4 Å². The molecule has 0 bridgehead atoms. The molecule has 0 amide bonds. The van der Waals surface area contributed by atoms with Crippen molar-refractivity contribution in [2.45, 2.75) is 31.0 Å². The molecule has 27 heavy (non-hydrogen) atoms. The third kappa shape index (κ3) is 3.76. The van der Waals surface area contributed by atoms with Crippen molar-refractivity contribution in [3.63, 3.8) is 0 Å². The summed E-state index contributed by atoms with van der Waals surface area (Å²) in [6.45, 7) is 2.52. The molecule has 3 aromatic rings. The lowest BCUT2D eigenvalue weighted by Gasteiger charge is -2.12. The maximum absolute atomic E-state index is 12.9. The van der Waals surface area contributed by atoms with Crippen molar-refractivity contribution in [1.29, 1.82) is 0 Å². The van der Waals surface area contributed by atoms with Crippen LogP contribution in [0.1, 0.15) is 36.2 Å². The van der Waals surface area contributed by atoms with Gasteiger partial charge in [-0.05, 0) is 56.2 Å². The minimum absolute atomic E-state index is 0.00723. The van der Waals surface area contributed by atoms with Crippen LogP contribution in [0, 0.1) is 0 Å². The van der Waals surface area contributed by atoms with Crippen molar-refractivity contribution in [2.24, 2.45) is 0 Å². The monoisotopic (exact) mass is 380 g/mol. The minimum atomic E-state index is -0.0147. The number of carbonyl (C=O) groups excluding carboxylic acids is 1. The molecule has 1 fully saturated rings. The Kier molecular flexibility index (Phi) is 4.99. The smallest absolute Gasteiger partial charge is 0.262 e. The highest BCUT2D eigenvalue weighted by molar-refractivity contribution is 7.99. The molecule has 0 unspecified atom stereocenters. The van der Waals surface area contributed by atoms with Gasteiger partial charge in [-0.15, -0.1) is 0 Å². The Bertz CT molecular complexity index is 1040. The zero-order valence-corrected chi connectivity index (χ0v) is 15.9. The number of hydrogen-bond donors (Lipinski definition) is 0. The van der Waals surface area contributed by atoms with Crippen molar-refractivity contribution in [1.82, 2.24) is 9.55 Å². The number of thioether (sulfide) groups is 1. The lowest BCUT2D eigenvalue weighted by molar-refractivity contribution is 0.102. The molecule has 1 saturated carbocycles. The van der Waals surface area contributed by atoms with Gasteiger partial charge in [-0.2, -0.15) is 0 Å². The van der Waals surface area contributed by atoms with Gasteiger partial charge in [0.2, 0.25) is 0 Å². The van der Waals surface area contributed by atoms with Crippen LogP contribution in [0.5, 0.6) is 5.75 Å². The Labute approximate surface area is 161 Å². The maximum Gasteiger partial charge on any atom is 0.262 e. The van der Waals surface area contributed by atoms with E-state index in [9.17, 15) is 9.59 Å².